The Labute approximate surface area is 96.8 Å². The van der Waals surface area contributed by atoms with Crippen LogP contribution in [0.1, 0.15) is 25.8 Å². The highest BCUT2D eigenvalue weighted by Crippen LogP contribution is 2.06. The van der Waals surface area contributed by atoms with E-state index < -0.39 is 0 Å². The summed E-state index contributed by atoms with van der Waals surface area (Å²) in [7, 11) is 1.82. The molecule has 0 unspecified atom stereocenters. The van der Waals surface area contributed by atoms with Crippen molar-refractivity contribution >= 4 is 5.91 Å². The molecule has 0 aliphatic rings. The van der Waals surface area contributed by atoms with Crippen LogP contribution in [0, 0.1) is 0 Å². The molecule has 0 aliphatic carbocycles. The minimum Gasteiger partial charge on any atom is -0.338 e. The second-order valence-electron chi connectivity index (χ2n) is 3.81. The molecule has 1 amide bonds. The van der Waals surface area contributed by atoms with E-state index in [4.69, 9.17) is 0 Å². The Balaban J connectivity index is 2.63. The summed E-state index contributed by atoms with van der Waals surface area (Å²) in [5, 5.41) is 0. The number of rotatable bonds is 4. The highest BCUT2D eigenvalue weighted by Gasteiger charge is 2.10. The number of hydrogen-bond acceptors (Lipinski definition) is 2. The van der Waals surface area contributed by atoms with Crippen molar-refractivity contribution in [2.45, 2.75) is 26.8 Å². The van der Waals surface area contributed by atoms with Gasteiger partial charge in [0.25, 0.3) is 0 Å². The first-order chi connectivity index (χ1) is 7.65. The quantitative estimate of drug-likeness (QED) is 0.727. The summed E-state index contributed by atoms with van der Waals surface area (Å²) >= 11 is 0. The molecule has 0 radical (unpaired) electrons. The molecule has 3 nitrogen and oxygen atoms in total. The standard InChI is InChI=1S/C13H18N2O/c1-4-5-11(2)13(16)15(3)10-12-6-8-14-9-7-12/h5-9H,4,10H2,1-3H3/b11-5-. The summed E-state index contributed by atoms with van der Waals surface area (Å²) in [6.07, 6.45) is 6.32. The third-order valence-electron chi connectivity index (χ3n) is 2.36. The number of allylic oxidation sites excluding steroid dienone is 1. The summed E-state index contributed by atoms with van der Waals surface area (Å²) < 4.78 is 0. The van der Waals surface area contributed by atoms with E-state index in [0.717, 1.165) is 17.6 Å². The van der Waals surface area contributed by atoms with Gasteiger partial charge in [-0.2, -0.15) is 0 Å². The summed E-state index contributed by atoms with van der Waals surface area (Å²) in [5.41, 5.74) is 1.90. The lowest BCUT2D eigenvalue weighted by Crippen LogP contribution is -2.26. The van der Waals surface area contributed by atoms with Crippen molar-refractivity contribution < 1.29 is 4.79 Å². The largest absolute Gasteiger partial charge is 0.338 e. The number of likely N-dealkylation sites (N-methyl/N-ethyl adjacent to an activating group) is 1. The molecule has 0 fully saturated rings. The molecule has 0 spiro atoms. The lowest BCUT2D eigenvalue weighted by atomic mass is 10.2. The molecule has 0 aromatic carbocycles. The zero-order chi connectivity index (χ0) is 12.0. The fourth-order valence-electron chi connectivity index (χ4n) is 1.53. The SMILES string of the molecule is CC/C=C(/C)C(=O)N(C)Cc1ccncc1. The average molecular weight is 218 g/mol. The van der Waals surface area contributed by atoms with E-state index in [0.29, 0.717) is 6.54 Å². The van der Waals surface area contributed by atoms with Crippen LogP contribution in [0.15, 0.2) is 36.2 Å². The van der Waals surface area contributed by atoms with Gasteiger partial charge in [-0.05, 0) is 31.0 Å². The lowest BCUT2D eigenvalue weighted by molar-refractivity contribution is -0.126. The highest BCUT2D eigenvalue weighted by molar-refractivity contribution is 5.92. The maximum atomic E-state index is 11.9. The van der Waals surface area contributed by atoms with Crippen molar-refractivity contribution in [2.75, 3.05) is 7.05 Å². The van der Waals surface area contributed by atoms with E-state index in [1.807, 2.05) is 39.1 Å². The smallest absolute Gasteiger partial charge is 0.249 e. The predicted molar refractivity (Wildman–Crippen MR) is 64.8 cm³/mol. The third kappa shape index (κ3) is 3.50. The maximum Gasteiger partial charge on any atom is 0.249 e. The average Bonchev–Trinajstić information content (AvgIpc) is 2.29. The van der Waals surface area contributed by atoms with Crippen LogP contribution in [-0.4, -0.2) is 22.8 Å². The lowest BCUT2D eigenvalue weighted by Gasteiger charge is -2.17. The van der Waals surface area contributed by atoms with Gasteiger partial charge in [0, 0.05) is 31.6 Å². The van der Waals surface area contributed by atoms with Gasteiger partial charge in [-0.25, -0.2) is 0 Å². The Bertz CT molecular complexity index is 371. The molecule has 3 heteroatoms. The van der Waals surface area contributed by atoms with Gasteiger partial charge in [0.1, 0.15) is 0 Å². The van der Waals surface area contributed by atoms with Crippen LogP contribution in [0.25, 0.3) is 0 Å². The number of pyridine rings is 1. The fourth-order valence-corrected chi connectivity index (χ4v) is 1.53. The van der Waals surface area contributed by atoms with Gasteiger partial charge >= 0.3 is 0 Å². The first-order valence-electron chi connectivity index (χ1n) is 5.46. The van der Waals surface area contributed by atoms with Crippen molar-refractivity contribution in [3.8, 4) is 0 Å². The molecule has 86 valence electrons. The summed E-state index contributed by atoms with van der Waals surface area (Å²) in [6.45, 7) is 4.50. The van der Waals surface area contributed by atoms with E-state index in [1.165, 1.54) is 0 Å². The molecule has 1 aromatic rings. The summed E-state index contributed by atoms with van der Waals surface area (Å²) in [5.74, 6) is 0.0821. The van der Waals surface area contributed by atoms with Crippen LogP contribution in [0.5, 0.6) is 0 Å². The molecular formula is C13H18N2O. The molecule has 0 saturated carbocycles. The zero-order valence-corrected chi connectivity index (χ0v) is 10.1. The summed E-state index contributed by atoms with van der Waals surface area (Å²) in [6, 6.07) is 3.84. The van der Waals surface area contributed by atoms with Gasteiger partial charge < -0.3 is 4.90 Å². The Kier molecular flexibility index (Phi) is 4.70. The fraction of sp³-hybridized carbons (Fsp3) is 0.385. The molecule has 16 heavy (non-hydrogen) atoms. The van der Waals surface area contributed by atoms with E-state index in [-0.39, 0.29) is 5.91 Å². The van der Waals surface area contributed by atoms with Crippen molar-refractivity contribution in [2.24, 2.45) is 0 Å². The van der Waals surface area contributed by atoms with Crippen LogP contribution in [0.3, 0.4) is 0 Å². The second kappa shape index (κ2) is 6.05. The molecule has 0 bridgehead atoms. The van der Waals surface area contributed by atoms with Gasteiger partial charge in [0.05, 0.1) is 0 Å². The van der Waals surface area contributed by atoms with Crippen LogP contribution < -0.4 is 0 Å². The molecule has 0 aliphatic heterocycles. The molecule has 1 heterocycles. The highest BCUT2D eigenvalue weighted by atomic mass is 16.2. The van der Waals surface area contributed by atoms with E-state index in [2.05, 4.69) is 4.98 Å². The first kappa shape index (κ1) is 12.4. The predicted octanol–water partition coefficient (Wildman–Crippen LogP) is 2.40. The number of carbonyl (C=O) groups is 1. The number of hydrogen-bond donors (Lipinski definition) is 0. The number of nitrogens with zero attached hydrogens (tertiary/aromatic N) is 2. The first-order valence-corrected chi connectivity index (χ1v) is 5.46. The molecule has 0 N–H and O–H groups in total. The monoisotopic (exact) mass is 218 g/mol. The number of carbonyl (C=O) groups excluding carboxylic acids is 1. The van der Waals surface area contributed by atoms with E-state index in [9.17, 15) is 4.79 Å². The molecule has 1 rings (SSSR count). The van der Waals surface area contributed by atoms with Gasteiger partial charge in [0.2, 0.25) is 5.91 Å². The van der Waals surface area contributed by atoms with E-state index >= 15 is 0 Å². The van der Waals surface area contributed by atoms with E-state index in [1.54, 1.807) is 17.3 Å². The van der Waals surface area contributed by atoms with Crippen LogP contribution >= 0.6 is 0 Å². The Morgan fingerprint density at radius 1 is 1.44 bits per heavy atom. The minimum atomic E-state index is 0.0821. The molecule has 0 atom stereocenters. The van der Waals surface area contributed by atoms with Crippen molar-refractivity contribution in [1.29, 1.82) is 0 Å². The Morgan fingerprint density at radius 3 is 2.62 bits per heavy atom. The Hall–Kier alpha value is -1.64. The van der Waals surface area contributed by atoms with Crippen molar-refractivity contribution in [3.05, 3.63) is 41.7 Å². The molecule has 1 aromatic heterocycles. The van der Waals surface area contributed by atoms with Crippen molar-refractivity contribution in [3.63, 3.8) is 0 Å². The van der Waals surface area contributed by atoms with Gasteiger partial charge in [-0.1, -0.05) is 13.0 Å². The summed E-state index contributed by atoms with van der Waals surface area (Å²) in [4.78, 5) is 17.5. The zero-order valence-electron chi connectivity index (χ0n) is 10.1. The third-order valence-corrected chi connectivity index (χ3v) is 2.36. The van der Waals surface area contributed by atoms with Crippen LogP contribution in [0.4, 0.5) is 0 Å². The second-order valence-corrected chi connectivity index (χ2v) is 3.81. The van der Waals surface area contributed by atoms with Gasteiger partial charge in [0.15, 0.2) is 0 Å². The topological polar surface area (TPSA) is 33.2 Å². The number of amides is 1. The van der Waals surface area contributed by atoms with Crippen LogP contribution in [0.2, 0.25) is 0 Å². The van der Waals surface area contributed by atoms with Crippen molar-refractivity contribution in [1.82, 2.24) is 9.88 Å². The van der Waals surface area contributed by atoms with Crippen LogP contribution in [-0.2, 0) is 11.3 Å². The van der Waals surface area contributed by atoms with Gasteiger partial charge in [-0.3, -0.25) is 9.78 Å². The maximum absolute atomic E-state index is 11.9. The number of aromatic nitrogens is 1. The van der Waals surface area contributed by atoms with Gasteiger partial charge in [-0.15, -0.1) is 0 Å². The normalized spacial score (nSPS) is 11.3. The Morgan fingerprint density at radius 2 is 2.06 bits per heavy atom. The minimum absolute atomic E-state index is 0.0821. The molecule has 0 saturated heterocycles. The molecular weight excluding hydrogens is 200 g/mol.